The first kappa shape index (κ1) is 17.2. The summed E-state index contributed by atoms with van der Waals surface area (Å²) in [5, 5.41) is 12.9. The van der Waals surface area contributed by atoms with E-state index in [1.807, 2.05) is 25.1 Å². The van der Waals surface area contributed by atoms with Gasteiger partial charge in [0.2, 0.25) is 0 Å². The maximum absolute atomic E-state index is 6.14. The molecule has 0 unspecified atom stereocenters. The molecule has 136 valence electrons. The molecule has 0 radical (unpaired) electrons. The number of benzene rings is 1. The van der Waals surface area contributed by atoms with Gasteiger partial charge >= 0.3 is 0 Å². The van der Waals surface area contributed by atoms with Gasteiger partial charge in [-0.15, -0.1) is 0 Å². The van der Waals surface area contributed by atoms with Crippen LogP contribution in [0.1, 0.15) is 17.0 Å². The smallest absolute Gasteiger partial charge is 0.133 e. The number of fused-ring (bicyclic) bond motifs is 1. The zero-order valence-electron chi connectivity index (χ0n) is 14.5. The summed E-state index contributed by atoms with van der Waals surface area (Å²) in [7, 11) is 0. The molecule has 1 saturated heterocycles. The fourth-order valence-corrected chi connectivity index (χ4v) is 3.24. The van der Waals surface area contributed by atoms with Crippen LogP contribution in [0.3, 0.4) is 0 Å². The van der Waals surface area contributed by atoms with Crippen molar-refractivity contribution < 1.29 is 9.37 Å². The maximum Gasteiger partial charge on any atom is 0.133 e. The molecular weight excluding hydrogens is 354 g/mol. The third-order valence-corrected chi connectivity index (χ3v) is 4.74. The van der Waals surface area contributed by atoms with E-state index in [2.05, 4.69) is 26.6 Å². The third kappa shape index (κ3) is 3.65. The van der Waals surface area contributed by atoms with Crippen LogP contribution in [-0.4, -0.2) is 41.6 Å². The molecule has 0 spiro atoms. The van der Waals surface area contributed by atoms with Gasteiger partial charge in [0.05, 0.1) is 18.7 Å². The lowest BCUT2D eigenvalue weighted by Crippen LogP contribution is -2.37. The highest BCUT2D eigenvalue weighted by Gasteiger charge is 2.17. The predicted molar refractivity (Wildman–Crippen MR) is 99.4 cm³/mol. The van der Waals surface area contributed by atoms with E-state index in [9.17, 15) is 0 Å². The minimum absolute atomic E-state index is 0.594. The highest BCUT2D eigenvalue weighted by Crippen LogP contribution is 2.26. The Morgan fingerprint density at radius 1 is 1.15 bits per heavy atom. The second kappa shape index (κ2) is 7.57. The Labute approximate surface area is 156 Å². The second-order valence-electron chi connectivity index (χ2n) is 6.31. The number of anilines is 1. The van der Waals surface area contributed by atoms with Gasteiger partial charge in [0, 0.05) is 42.2 Å². The molecule has 2 aromatic heterocycles. The van der Waals surface area contributed by atoms with Crippen LogP contribution < -0.4 is 10.2 Å². The van der Waals surface area contributed by atoms with E-state index in [0.29, 0.717) is 31.3 Å². The van der Waals surface area contributed by atoms with Crippen molar-refractivity contribution in [3.63, 3.8) is 0 Å². The molecule has 3 heterocycles. The van der Waals surface area contributed by atoms with Crippen LogP contribution in [0.5, 0.6) is 0 Å². The van der Waals surface area contributed by atoms with Crippen LogP contribution in [0.25, 0.3) is 10.9 Å². The third-order valence-electron chi connectivity index (χ3n) is 4.50. The summed E-state index contributed by atoms with van der Waals surface area (Å²) in [6, 6.07) is 7.97. The predicted octanol–water partition coefficient (Wildman–Crippen LogP) is 2.71. The van der Waals surface area contributed by atoms with Crippen molar-refractivity contribution in [2.24, 2.45) is 0 Å². The van der Waals surface area contributed by atoms with Crippen molar-refractivity contribution in [2.45, 2.75) is 20.0 Å². The molecule has 0 aliphatic carbocycles. The number of aryl methyl sites for hydroxylation is 1. The van der Waals surface area contributed by atoms with Crippen molar-refractivity contribution in [2.75, 3.05) is 31.2 Å². The molecule has 1 aliphatic heterocycles. The largest absolute Gasteiger partial charge is 0.378 e. The Hall–Kier alpha value is -2.22. The number of rotatable bonds is 5. The van der Waals surface area contributed by atoms with E-state index >= 15 is 0 Å². The van der Waals surface area contributed by atoms with E-state index in [0.717, 1.165) is 46.8 Å². The first-order valence-corrected chi connectivity index (χ1v) is 8.99. The Bertz CT molecular complexity index is 908. The molecule has 3 aromatic rings. The van der Waals surface area contributed by atoms with Gasteiger partial charge in [-0.1, -0.05) is 28.0 Å². The number of ether oxygens (including phenoxy) is 1. The van der Waals surface area contributed by atoms with Crippen molar-refractivity contribution in [1.29, 1.82) is 0 Å². The maximum atomic E-state index is 6.14. The summed E-state index contributed by atoms with van der Waals surface area (Å²) in [6.45, 7) is 6.24. The molecule has 4 rings (SSSR count). The minimum atomic E-state index is 0.594. The fourth-order valence-electron chi connectivity index (χ4n) is 3.08. The van der Waals surface area contributed by atoms with Gasteiger partial charge in [0.15, 0.2) is 0 Å². The molecular formula is C18H20ClN5O2. The number of morpholine rings is 1. The average molecular weight is 374 g/mol. The van der Waals surface area contributed by atoms with Crippen molar-refractivity contribution in [1.82, 2.24) is 20.6 Å². The van der Waals surface area contributed by atoms with Gasteiger partial charge in [-0.3, -0.25) is 0 Å². The van der Waals surface area contributed by atoms with Gasteiger partial charge in [-0.05, 0) is 25.1 Å². The SMILES string of the molecule is Cc1nonc1CNCc1cc2ccc(Cl)cc2nc1N1CCOCC1. The molecule has 1 aliphatic rings. The van der Waals surface area contributed by atoms with Crippen LogP contribution in [0.4, 0.5) is 5.82 Å². The summed E-state index contributed by atoms with van der Waals surface area (Å²) in [5.74, 6) is 0.977. The molecule has 7 nitrogen and oxygen atoms in total. The number of nitrogens with one attached hydrogen (secondary N) is 1. The molecule has 26 heavy (non-hydrogen) atoms. The molecule has 8 heteroatoms. The molecule has 1 N–H and O–H groups in total. The van der Waals surface area contributed by atoms with Crippen LogP contribution in [0, 0.1) is 6.92 Å². The van der Waals surface area contributed by atoms with Crippen LogP contribution in [-0.2, 0) is 17.8 Å². The normalized spacial score (nSPS) is 14.9. The van der Waals surface area contributed by atoms with Gasteiger partial charge < -0.3 is 15.0 Å². The minimum Gasteiger partial charge on any atom is -0.378 e. The van der Waals surface area contributed by atoms with E-state index < -0.39 is 0 Å². The topological polar surface area (TPSA) is 76.3 Å². The van der Waals surface area contributed by atoms with E-state index in [1.165, 1.54) is 0 Å². The second-order valence-corrected chi connectivity index (χ2v) is 6.74. The Morgan fingerprint density at radius 2 is 2.00 bits per heavy atom. The van der Waals surface area contributed by atoms with Gasteiger partial charge in [0.1, 0.15) is 17.2 Å². The molecule has 1 fully saturated rings. The first-order chi connectivity index (χ1) is 12.7. The van der Waals surface area contributed by atoms with Crippen molar-refractivity contribution >= 4 is 28.3 Å². The fraction of sp³-hybridized carbons (Fsp3) is 0.389. The van der Waals surface area contributed by atoms with Gasteiger partial charge in [-0.2, -0.15) is 0 Å². The zero-order valence-corrected chi connectivity index (χ0v) is 15.3. The average Bonchev–Trinajstić information content (AvgIpc) is 3.07. The molecule has 0 saturated carbocycles. The van der Waals surface area contributed by atoms with Gasteiger partial charge in [0.25, 0.3) is 0 Å². The summed E-state index contributed by atoms with van der Waals surface area (Å²) >= 11 is 6.14. The van der Waals surface area contributed by atoms with Crippen LogP contribution >= 0.6 is 11.6 Å². The lowest BCUT2D eigenvalue weighted by molar-refractivity contribution is 0.122. The van der Waals surface area contributed by atoms with E-state index in [1.54, 1.807) is 0 Å². The summed E-state index contributed by atoms with van der Waals surface area (Å²) < 4.78 is 10.2. The summed E-state index contributed by atoms with van der Waals surface area (Å²) in [5.41, 5.74) is 3.66. The standard InChI is InChI=1S/C18H20ClN5O2/c1-12-17(23-26-22-12)11-20-10-14-8-13-2-3-15(19)9-16(13)21-18(14)24-4-6-25-7-5-24/h2-3,8-9,20H,4-7,10-11H2,1H3. The quantitative estimate of drug-likeness (QED) is 0.736. The highest BCUT2D eigenvalue weighted by molar-refractivity contribution is 6.31. The Kier molecular flexibility index (Phi) is 5.01. The van der Waals surface area contributed by atoms with Crippen LogP contribution in [0.2, 0.25) is 5.02 Å². The molecule has 0 bridgehead atoms. The summed E-state index contributed by atoms with van der Waals surface area (Å²) in [6.07, 6.45) is 0. The Balaban J connectivity index is 1.61. The number of halogens is 1. The van der Waals surface area contributed by atoms with Gasteiger partial charge in [-0.25, -0.2) is 9.61 Å². The lowest BCUT2D eigenvalue weighted by Gasteiger charge is -2.30. The molecule has 1 aromatic carbocycles. The van der Waals surface area contributed by atoms with Crippen molar-refractivity contribution in [3.05, 3.63) is 46.2 Å². The molecule has 0 amide bonds. The number of nitrogens with zero attached hydrogens (tertiary/aromatic N) is 4. The zero-order chi connectivity index (χ0) is 17.9. The van der Waals surface area contributed by atoms with E-state index in [4.69, 9.17) is 26.0 Å². The highest BCUT2D eigenvalue weighted by atomic mass is 35.5. The Morgan fingerprint density at radius 3 is 2.77 bits per heavy atom. The first-order valence-electron chi connectivity index (χ1n) is 8.61. The molecule has 0 atom stereocenters. The number of hydrogen-bond acceptors (Lipinski definition) is 7. The number of aromatic nitrogens is 3. The summed E-state index contributed by atoms with van der Waals surface area (Å²) in [4.78, 5) is 7.16. The lowest BCUT2D eigenvalue weighted by atomic mass is 10.1. The number of pyridine rings is 1. The van der Waals surface area contributed by atoms with Crippen LogP contribution in [0.15, 0.2) is 28.9 Å². The number of hydrogen-bond donors (Lipinski definition) is 1. The monoisotopic (exact) mass is 373 g/mol. The van der Waals surface area contributed by atoms with Crippen molar-refractivity contribution in [3.8, 4) is 0 Å². The van der Waals surface area contributed by atoms with E-state index in [-0.39, 0.29) is 0 Å².